The topological polar surface area (TPSA) is 75.8 Å². The molecule has 10 heteroatoms. The minimum absolute atomic E-state index is 0.00279. The number of benzene rings is 2. The maximum Gasteiger partial charge on any atom is 0.435 e. The zero-order valence-electron chi connectivity index (χ0n) is 15.1. The molecule has 0 radical (unpaired) electrons. The van der Waals surface area contributed by atoms with Gasteiger partial charge < -0.3 is 0 Å². The quantitative estimate of drug-likeness (QED) is 0.590. The highest BCUT2D eigenvalue weighted by Crippen LogP contribution is 2.34. The Labute approximate surface area is 163 Å². The second kappa shape index (κ2) is 7.00. The van der Waals surface area contributed by atoms with Gasteiger partial charge in [0.25, 0.3) is 0 Å². The minimum Gasteiger partial charge on any atom is -0.232 e. The number of halogens is 4. The number of aryl methyl sites for hydroxylation is 1. The molecule has 0 saturated carbocycles. The highest BCUT2D eigenvalue weighted by atomic mass is 32.2. The van der Waals surface area contributed by atoms with E-state index >= 15 is 0 Å². The van der Waals surface area contributed by atoms with Gasteiger partial charge in [0.05, 0.1) is 23.0 Å². The molecule has 0 N–H and O–H groups in total. The third-order valence-corrected chi connectivity index (χ3v) is 5.34. The average Bonchev–Trinajstić information content (AvgIpc) is 3.06. The Morgan fingerprint density at radius 3 is 2.34 bits per heavy atom. The highest BCUT2D eigenvalue weighted by Gasteiger charge is 2.35. The summed E-state index contributed by atoms with van der Waals surface area (Å²) >= 11 is 0. The molecule has 2 aromatic carbocycles. The lowest BCUT2D eigenvalue weighted by molar-refractivity contribution is -0.141. The molecular formula is C19H13F4N3O2S. The van der Waals surface area contributed by atoms with Crippen LogP contribution in [-0.2, 0) is 16.0 Å². The average molecular weight is 423 g/mol. The minimum atomic E-state index is -4.76. The summed E-state index contributed by atoms with van der Waals surface area (Å²) in [6.07, 6.45) is -3.93. The van der Waals surface area contributed by atoms with E-state index in [1.165, 1.54) is 18.2 Å². The van der Waals surface area contributed by atoms with Crippen molar-refractivity contribution in [3.05, 3.63) is 65.1 Å². The van der Waals surface area contributed by atoms with Crippen molar-refractivity contribution in [1.82, 2.24) is 9.78 Å². The van der Waals surface area contributed by atoms with Crippen molar-refractivity contribution in [2.75, 3.05) is 6.26 Å². The molecule has 0 aliphatic carbocycles. The molecule has 150 valence electrons. The van der Waals surface area contributed by atoms with E-state index in [1.54, 1.807) is 13.0 Å². The summed E-state index contributed by atoms with van der Waals surface area (Å²) < 4.78 is 78.1. The summed E-state index contributed by atoms with van der Waals surface area (Å²) in [6.45, 7) is 1.67. The Morgan fingerprint density at radius 1 is 1.10 bits per heavy atom. The molecule has 0 amide bonds. The largest absolute Gasteiger partial charge is 0.435 e. The Bertz CT molecular complexity index is 1260. The van der Waals surface area contributed by atoms with E-state index < -0.39 is 32.4 Å². The Morgan fingerprint density at radius 2 is 1.79 bits per heavy atom. The van der Waals surface area contributed by atoms with Gasteiger partial charge >= 0.3 is 6.18 Å². The summed E-state index contributed by atoms with van der Waals surface area (Å²) in [5.74, 6) is -1.09. The third-order valence-electron chi connectivity index (χ3n) is 4.21. The van der Waals surface area contributed by atoms with Crippen LogP contribution in [-0.4, -0.2) is 24.5 Å². The number of hydrogen-bond acceptors (Lipinski definition) is 4. The molecule has 0 aliphatic rings. The SMILES string of the molecule is Cc1ccc(-n2nc(C(F)(F)F)cc2-c2ccc(S(C)(=O)=O)c(F)c2)cc1C#N. The molecule has 3 rings (SSSR count). The third kappa shape index (κ3) is 4.00. The van der Waals surface area contributed by atoms with Crippen LogP contribution in [0.15, 0.2) is 47.4 Å². The fourth-order valence-corrected chi connectivity index (χ4v) is 3.47. The highest BCUT2D eigenvalue weighted by molar-refractivity contribution is 7.90. The zero-order chi connectivity index (χ0) is 21.6. The summed E-state index contributed by atoms with van der Waals surface area (Å²) in [5.41, 5.74) is -0.272. The van der Waals surface area contributed by atoms with Crippen LogP contribution in [0.5, 0.6) is 0 Å². The first-order valence-electron chi connectivity index (χ1n) is 8.10. The van der Waals surface area contributed by atoms with Crippen LogP contribution in [0.25, 0.3) is 16.9 Å². The normalized spacial score (nSPS) is 12.0. The van der Waals surface area contributed by atoms with Crippen LogP contribution in [0, 0.1) is 24.1 Å². The van der Waals surface area contributed by atoms with E-state index in [1.807, 2.05) is 6.07 Å². The summed E-state index contributed by atoms with van der Waals surface area (Å²) in [5, 5.41) is 12.8. The molecule has 1 aromatic heterocycles. The Hall–Kier alpha value is -3.19. The number of alkyl halides is 3. The van der Waals surface area contributed by atoms with Crippen molar-refractivity contribution in [3.63, 3.8) is 0 Å². The Balaban J connectivity index is 2.26. The van der Waals surface area contributed by atoms with Gasteiger partial charge in [0.2, 0.25) is 0 Å². The molecule has 1 heterocycles. The van der Waals surface area contributed by atoms with Gasteiger partial charge in [-0.05, 0) is 42.8 Å². The molecule has 0 aliphatic heterocycles. The molecule has 0 saturated heterocycles. The van der Waals surface area contributed by atoms with Gasteiger partial charge in [0, 0.05) is 11.8 Å². The second-order valence-corrected chi connectivity index (χ2v) is 8.34. The summed E-state index contributed by atoms with van der Waals surface area (Å²) in [6, 6.07) is 10.1. The van der Waals surface area contributed by atoms with Gasteiger partial charge in [0.15, 0.2) is 15.5 Å². The van der Waals surface area contributed by atoms with E-state index in [4.69, 9.17) is 0 Å². The number of aromatic nitrogens is 2. The Kier molecular flexibility index (Phi) is 4.96. The van der Waals surface area contributed by atoms with E-state index in [0.29, 0.717) is 5.56 Å². The lowest BCUT2D eigenvalue weighted by atomic mass is 10.1. The lowest BCUT2D eigenvalue weighted by Crippen LogP contribution is -2.07. The van der Waals surface area contributed by atoms with Crippen LogP contribution >= 0.6 is 0 Å². The van der Waals surface area contributed by atoms with Gasteiger partial charge in [-0.3, -0.25) is 0 Å². The first-order chi connectivity index (χ1) is 13.4. The van der Waals surface area contributed by atoms with Gasteiger partial charge in [-0.25, -0.2) is 17.5 Å². The van der Waals surface area contributed by atoms with Crippen LogP contribution < -0.4 is 0 Å². The predicted molar refractivity (Wildman–Crippen MR) is 96.5 cm³/mol. The number of rotatable bonds is 3. The number of nitriles is 1. The number of sulfone groups is 1. The molecule has 3 aromatic rings. The van der Waals surface area contributed by atoms with Crippen molar-refractivity contribution < 1.29 is 26.0 Å². The van der Waals surface area contributed by atoms with E-state index in [-0.39, 0.29) is 22.5 Å². The molecule has 5 nitrogen and oxygen atoms in total. The first-order valence-corrected chi connectivity index (χ1v) is 9.99. The zero-order valence-corrected chi connectivity index (χ0v) is 15.9. The van der Waals surface area contributed by atoms with Crippen LogP contribution in [0.4, 0.5) is 17.6 Å². The van der Waals surface area contributed by atoms with Gasteiger partial charge in [-0.2, -0.15) is 23.5 Å². The van der Waals surface area contributed by atoms with Crippen LogP contribution in [0.3, 0.4) is 0 Å². The monoisotopic (exact) mass is 423 g/mol. The molecule has 0 bridgehead atoms. The predicted octanol–water partition coefficient (Wildman–Crippen LogP) is 4.28. The van der Waals surface area contributed by atoms with Gasteiger partial charge in [-0.15, -0.1) is 0 Å². The van der Waals surface area contributed by atoms with Crippen molar-refractivity contribution in [3.8, 4) is 23.0 Å². The van der Waals surface area contributed by atoms with E-state index in [0.717, 1.165) is 29.1 Å². The van der Waals surface area contributed by atoms with Crippen molar-refractivity contribution >= 4 is 9.84 Å². The number of hydrogen-bond donors (Lipinski definition) is 0. The lowest BCUT2D eigenvalue weighted by Gasteiger charge is -2.10. The molecule has 29 heavy (non-hydrogen) atoms. The van der Waals surface area contributed by atoms with Gasteiger partial charge in [0.1, 0.15) is 10.7 Å². The molecule has 0 atom stereocenters. The smallest absolute Gasteiger partial charge is 0.232 e. The van der Waals surface area contributed by atoms with Crippen molar-refractivity contribution in [2.45, 2.75) is 18.0 Å². The fourth-order valence-electron chi connectivity index (χ4n) is 2.75. The first kappa shape index (κ1) is 20.5. The molecule has 0 fully saturated rings. The van der Waals surface area contributed by atoms with Crippen molar-refractivity contribution in [1.29, 1.82) is 5.26 Å². The van der Waals surface area contributed by atoms with Crippen molar-refractivity contribution in [2.24, 2.45) is 0 Å². The molecule has 0 spiro atoms. The molecular weight excluding hydrogens is 410 g/mol. The van der Waals surface area contributed by atoms with Crippen LogP contribution in [0.1, 0.15) is 16.8 Å². The second-order valence-electron chi connectivity index (χ2n) is 6.35. The molecule has 0 unspecified atom stereocenters. The van der Waals surface area contributed by atoms with Crippen LogP contribution in [0.2, 0.25) is 0 Å². The summed E-state index contributed by atoms with van der Waals surface area (Å²) in [7, 11) is -3.84. The van der Waals surface area contributed by atoms with Gasteiger partial charge in [-0.1, -0.05) is 12.1 Å². The van der Waals surface area contributed by atoms with E-state index in [9.17, 15) is 31.2 Å². The standard InChI is InChI=1S/C19H13F4N3O2S/c1-11-3-5-14(7-13(11)10-24)26-16(9-18(25-26)19(21,22)23)12-4-6-17(15(20)8-12)29(2,27)28/h3-9H,1-2H3. The number of nitrogens with zero attached hydrogens (tertiary/aromatic N) is 3. The fraction of sp³-hybridized carbons (Fsp3) is 0.158. The maximum absolute atomic E-state index is 14.3. The summed E-state index contributed by atoms with van der Waals surface area (Å²) in [4.78, 5) is -0.564. The van der Waals surface area contributed by atoms with E-state index in [2.05, 4.69) is 5.10 Å². The maximum atomic E-state index is 14.3.